The molecule has 0 saturated heterocycles. The molecule has 1 heterocycles. The van der Waals surface area contributed by atoms with Gasteiger partial charge in [-0.25, -0.2) is 0 Å². The Bertz CT molecular complexity index is 410. The maximum absolute atomic E-state index is 5.72. The Kier molecular flexibility index (Phi) is 2.77. The summed E-state index contributed by atoms with van der Waals surface area (Å²) in [5.74, 6) is 1.80. The molecule has 2 aromatic rings. The highest BCUT2D eigenvalue weighted by Crippen LogP contribution is 2.23. The molecule has 0 spiro atoms. The van der Waals surface area contributed by atoms with Gasteiger partial charge in [0.2, 0.25) is 0 Å². The van der Waals surface area contributed by atoms with Crippen LogP contribution in [0.25, 0.3) is 0 Å². The summed E-state index contributed by atoms with van der Waals surface area (Å²) in [5.41, 5.74) is 2.31. The van der Waals surface area contributed by atoms with Gasteiger partial charge in [0.15, 0.2) is 0 Å². The van der Waals surface area contributed by atoms with Gasteiger partial charge in [-0.15, -0.1) is 0 Å². The lowest BCUT2D eigenvalue weighted by Gasteiger charge is -2.10. The molecule has 0 fully saturated rings. The predicted octanol–water partition coefficient (Wildman–Crippen LogP) is 3.48. The highest BCUT2D eigenvalue weighted by Gasteiger charge is 2.04. The average Bonchev–Trinajstić information content (AvgIpc) is 2.70. The Balaban J connectivity index is 2.11. The monoisotopic (exact) mass is 202 g/mol. The van der Waals surface area contributed by atoms with E-state index in [9.17, 15) is 0 Å². The molecule has 0 radical (unpaired) electrons. The van der Waals surface area contributed by atoms with Gasteiger partial charge in [0, 0.05) is 0 Å². The van der Waals surface area contributed by atoms with Crippen LogP contribution < -0.4 is 4.74 Å². The first-order valence-electron chi connectivity index (χ1n) is 4.99. The number of benzene rings is 1. The fourth-order valence-corrected chi connectivity index (χ4v) is 1.56. The lowest BCUT2D eigenvalue weighted by atomic mass is 10.1. The van der Waals surface area contributed by atoms with Gasteiger partial charge < -0.3 is 9.15 Å². The van der Waals surface area contributed by atoms with Crippen molar-refractivity contribution >= 4 is 0 Å². The average molecular weight is 202 g/mol. The van der Waals surface area contributed by atoms with Crippen LogP contribution in [0.1, 0.15) is 16.9 Å². The molecule has 0 aliphatic carbocycles. The number of hydrogen-bond acceptors (Lipinski definition) is 2. The van der Waals surface area contributed by atoms with Crippen molar-refractivity contribution in [2.75, 3.05) is 0 Å². The van der Waals surface area contributed by atoms with Gasteiger partial charge in [0.25, 0.3) is 0 Å². The molecule has 0 amide bonds. The second-order valence-electron chi connectivity index (χ2n) is 3.59. The van der Waals surface area contributed by atoms with E-state index in [0.29, 0.717) is 6.61 Å². The van der Waals surface area contributed by atoms with Gasteiger partial charge >= 0.3 is 0 Å². The van der Waals surface area contributed by atoms with Crippen LogP contribution in [0, 0.1) is 13.8 Å². The second kappa shape index (κ2) is 4.22. The number of rotatable bonds is 3. The third-order valence-electron chi connectivity index (χ3n) is 2.35. The van der Waals surface area contributed by atoms with Crippen LogP contribution >= 0.6 is 0 Å². The molecule has 2 nitrogen and oxygen atoms in total. The standard InChI is InChI=1S/C13H14O2/c1-10-5-3-6-11(2)13(10)15-9-12-7-4-8-14-12/h3-8H,9H2,1-2H3. The van der Waals surface area contributed by atoms with Crippen molar-refractivity contribution in [2.24, 2.45) is 0 Å². The minimum Gasteiger partial charge on any atom is -0.485 e. The van der Waals surface area contributed by atoms with Crippen molar-refractivity contribution in [1.82, 2.24) is 0 Å². The first-order valence-corrected chi connectivity index (χ1v) is 4.99. The van der Waals surface area contributed by atoms with Crippen LogP contribution in [0.3, 0.4) is 0 Å². The van der Waals surface area contributed by atoms with Crippen molar-refractivity contribution in [3.63, 3.8) is 0 Å². The fourth-order valence-electron chi connectivity index (χ4n) is 1.56. The zero-order valence-corrected chi connectivity index (χ0v) is 8.99. The molecule has 2 heteroatoms. The molecule has 1 aromatic carbocycles. The first kappa shape index (κ1) is 9.84. The molecule has 0 atom stereocenters. The summed E-state index contributed by atoms with van der Waals surface area (Å²) in [6, 6.07) is 9.90. The summed E-state index contributed by atoms with van der Waals surface area (Å²) >= 11 is 0. The van der Waals surface area contributed by atoms with E-state index in [1.54, 1.807) is 6.26 Å². The molecule has 78 valence electrons. The number of furan rings is 1. The topological polar surface area (TPSA) is 22.4 Å². The fraction of sp³-hybridized carbons (Fsp3) is 0.231. The zero-order chi connectivity index (χ0) is 10.7. The Morgan fingerprint density at radius 1 is 1.07 bits per heavy atom. The summed E-state index contributed by atoms with van der Waals surface area (Å²) in [4.78, 5) is 0. The van der Waals surface area contributed by atoms with Crippen LogP contribution in [0.15, 0.2) is 41.0 Å². The van der Waals surface area contributed by atoms with Crippen LogP contribution in [-0.2, 0) is 6.61 Å². The van der Waals surface area contributed by atoms with Crippen LogP contribution in [0.5, 0.6) is 5.75 Å². The van der Waals surface area contributed by atoms with Crippen LogP contribution in [0.4, 0.5) is 0 Å². The minimum atomic E-state index is 0.485. The van der Waals surface area contributed by atoms with E-state index in [1.165, 1.54) is 0 Å². The molecular formula is C13H14O2. The summed E-state index contributed by atoms with van der Waals surface area (Å²) in [6.07, 6.45) is 1.66. The SMILES string of the molecule is Cc1cccc(C)c1OCc1ccco1. The summed E-state index contributed by atoms with van der Waals surface area (Å²) in [5, 5.41) is 0. The van der Waals surface area contributed by atoms with Gasteiger partial charge in [-0.05, 0) is 37.1 Å². The zero-order valence-electron chi connectivity index (χ0n) is 8.99. The molecule has 1 aromatic heterocycles. The highest BCUT2D eigenvalue weighted by molar-refractivity contribution is 5.39. The summed E-state index contributed by atoms with van der Waals surface area (Å²) in [7, 11) is 0. The molecule has 0 unspecified atom stereocenters. The molecule has 0 bridgehead atoms. The second-order valence-corrected chi connectivity index (χ2v) is 3.59. The highest BCUT2D eigenvalue weighted by atomic mass is 16.5. The quantitative estimate of drug-likeness (QED) is 0.760. The third kappa shape index (κ3) is 2.21. The van der Waals surface area contributed by atoms with Crippen molar-refractivity contribution in [3.05, 3.63) is 53.5 Å². The van der Waals surface area contributed by atoms with E-state index in [0.717, 1.165) is 22.6 Å². The molecule has 0 N–H and O–H groups in total. The van der Waals surface area contributed by atoms with Crippen molar-refractivity contribution in [1.29, 1.82) is 0 Å². The lowest BCUT2D eigenvalue weighted by molar-refractivity contribution is 0.267. The van der Waals surface area contributed by atoms with Gasteiger partial charge in [0.05, 0.1) is 6.26 Å². The Morgan fingerprint density at radius 2 is 1.80 bits per heavy atom. The number of ether oxygens (including phenoxy) is 1. The molecule has 0 aliphatic heterocycles. The molecular weight excluding hydrogens is 188 g/mol. The summed E-state index contributed by atoms with van der Waals surface area (Å²) < 4.78 is 10.9. The maximum atomic E-state index is 5.72. The van der Waals surface area contributed by atoms with Crippen molar-refractivity contribution < 1.29 is 9.15 Å². The van der Waals surface area contributed by atoms with E-state index in [4.69, 9.17) is 9.15 Å². The van der Waals surface area contributed by atoms with Crippen LogP contribution in [-0.4, -0.2) is 0 Å². The van der Waals surface area contributed by atoms with Crippen LogP contribution in [0.2, 0.25) is 0 Å². The van der Waals surface area contributed by atoms with Gasteiger partial charge in [-0.2, -0.15) is 0 Å². The number of hydrogen-bond donors (Lipinski definition) is 0. The maximum Gasteiger partial charge on any atom is 0.146 e. The first-order chi connectivity index (χ1) is 7.27. The largest absolute Gasteiger partial charge is 0.485 e. The normalized spacial score (nSPS) is 10.3. The Labute approximate surface area is 89.5 Å². The van der Waals surface area contributed by atoms with E-state index in [-0.39, 0.29) is 0 Å². The number of aryl methyl sites for hydroxylation is 2. The Hall–Kier alpha value is -1.70. The number of para-hydroxylation sites is 1. The molecule has 15 heavy (non-hydrogen) atoms. The predicted molar refractivity (Wildman–Crippen MR) is 59.0 cm³/mol. The van der Waals surface area contributed by atoms with E-state index in [2.05, 4.69) is 0 Å². The van der Waals surface area contributed by atoms with Crippen molar-refractivity contribution in [3.8, 4) is 5.75 Å². The Morgan fingerprint density at radius 3 is 2.40 bits per heavy atom. The minimum absolute atomic E-state index is 0.485. The molecule has 0 saturated carbocycles. The summed E-state index contributed by atoms with van der Waals surface area (Å²) in [6.45, 7) is 4.58. The molecule has 0 aliphatic rings. The third-order valence-corrected chi connectivity index (χ3v) is 2.35. The van der Waals surface area contributed by atoms with E-state index >= 15 is 0 Å². The smallest absolute Gasteiger partial charge is 0.146 e. The van der Waals surface area contributed by atoms with Gasteiger partial charge in [0.1, 0.15) is 18.1 Å². The van der Waals surface area contributed by atoms with E-state index < -0.39 is 0 Å². The van der Waals surface area contributed by atoms with Gasteiger partial charge in [-0.1, -0.05) is 18.2 Å². The molecule has 2 rings (SSSR count). The lowest BCUT2D eigenvalue weighted by Crippen LogP contribution is -1.97. The van der Waals surface area contributed by atoms with Crippen molar-refractivity contribution in [2.45, 2.75) is 20.5 Å². The van der Waals surface area contributed by atoms with Gasteiger partial charge in [-0.3, -0.25) is 0 Å². The van der Waals surface area contributed by atoms with E-state index in [1.807, 2.05) is 44.2 Å².